The molecule has 1 aliphatic rings. The minimum absolute atomic E-state index is 0.0464. The van der Waals surface area contributed by atoms with Crippen molar-refractivity contribution in [2.45, 2.75) is 31.7 Å². The molecule has 4 rings (SSSR count). The average Bonchev–Trinajstić information content (AvgIpc) is 3.34. The second kappa shape index (κ2) is 6.28. The van der Waals surface area contributed by atoms with Crippen molar-refractivity contribution in [3.63, 3.8) is 0 Å². The number of aromatic amines is 1. The number of anilines is 1. The highest BCUT2D eigenvalue weighted by atomic mass is 32.1. The summed E-state index contributed by atoms with van der Waals surface area (Å²) < 4.78 is 0. The van der Waals surface area contributed by atoms with Crippen LogP contribution in [0.3, 0.4) is 0 Å². The van der Waals surface area contributed by atoms with Gasteiger partial charge in [0, 0.05) is 35.1 Å². The number of hydrogen-bond acceptors (Lipinski definition) is 4. The Morgan fingerprint density at radius 2 is 2.12 bits per heavy atom. The molecular formula is C18H20N4OS. The Morgan fingerprint density at radius 3 is 2.92 bits per heavy atom. The summed E-state index contributed by atoms with van der Waals surface area (Å²) in [6.07, 6.45) is 6.90. The highest BCUT2D eigenvalue weighted by molar-refractivity contribution is 7.17. The van der Waals surface area contributed by atoms with Crippen LogP contribution in [0.4, 0.5) is 5.82 Å². The van der Waals surface area contributed by atoms with Crippen LogP contribution in [-0.2, 0) is 0 Å². The highest BCUT2D eigenvalue weighted by Crippen LogP contribution is 2.35. The Hall–Kier alpha value is -2.34. The molecule has 0 aromatic carbocycles. The SMILES string of the molecule is CNC(=O)c1ccc(-c2cc(NC3CCCC3)nc3[nH]ccc23)s1. The third-order valence-electron chi connectivity index (χ3n) is 4.56. The van der Waals surface area contributed by atoms with E-state index in [1.165, 1.54) is 37.0 Å². The summed E-state index contributed by atoms with van der Waals surface area (Å²) in [7, 11) is 1.65. The third-order valence-corrected chi connectivity index (χ3v) is 5.68. The van der Waals surface area contributed by atoms with Gasteiger partial charge in [-0.3, -0.25) is 4.79 Å². The Balaban J connectivity index is 1.74. The van der Waals surface area contributed by atoms with Crippen molar-refractivity contribution in [2.75, 3.05) is 12.4 Å². The maximum Gasteiger partial charge on any atom is 0.261 e. The average molecular weight is 340 g/mol. The number of rotatable bonds is 4. The molecule has 3 aromatic heterocycles. The number of carbonyl (C=O) groups is 1. The molecule has 0 unspecified atom stereocenters. The standard InChI is InChI=1S/C18H20N4OS/c1-19-18(23)15-7-6-14(24-15)13-10-16(21-11-4-2-3-5-11)22-17-12(13)8-9-20-17/h6-11H,2-5H2,1H3,(H,19,23)(H2,20,21,22). The van der Waals surface area contributed by atoms with Crippen LogP contribution in [0.1, 0.15) is 35.4 Å². The van der Waals surface area contributed by atoms with Gasteiger partial charge in [0.15, 0.2) is 0 Å². The van der Waals surface area contributed by atoms with Crippen molar-refractivity contribution < 1.29 is 4.79 Å². The largest absolute Gasteiger partial charge is 0.367 e. The summed E-state index contributed by atoms with van der Waals surface area (Å²) >= 11 is 1.51. The maximum atomic E-state index is 11.8. The topological polar surface area (TPSA) is 69.8 Å². The number of nitrogens with one attached hydrogen (secondary N) is 3. The lowest BCUT2D eigenvalue weighted by atomic mass is 10.1. The Morgan fingerprint density at radius 1 is 1.29 bits per heavy atom. The van der Waals surface area contributed by atoms with Gasteiger partial charge in [0.1, 0.15) is 11.5 Å². The first-order chi connectivity index (χ1) is 11.7. The lowest BCUT2D eigenvalue weighted by Crippen LogP contribution is -2.16. The van der Waals surface area contributed by atoms with Crippen molar-refractivity contribution in [1.29, 1.82) is 0 Å². The van der Waals surface area contributed by atoms with Crippen molar-refractivity contribution in [3.05, 3.63) is 35.3 Å². The van der Waals surface area contributed by atoms with E-state index >= 15 is 0 Å². The van der Waals surface area contributed by atoms with Crippen molar-refractivity contribution in [1.82, 2.24) is 15.3 Å². The fourth-order valence-electron chi connectivity index (χ4n) is 3.32. The summed E-state index contributed by atoms with van der Waals surface area (Å²) in [4.78, 5) is 21.5. The van der Waals surface area contributed by atoms with Crippen LogP contribution in [0.2, 0.25) is 0 Å². The van der Waals surface area contributed by atoms with Crippen LogP contribution in [0.5, 0.6) is 0 Å². The van der Waals surface area contributed by atoms with Gasteiger partial charge in [-0.15, -0.1) is 11.3 Å². The molecule has 0 radical (unpaired) electrons. The lowest BCUT2D eigenvalue weighted by molar-refractivity contribution is 0.0967. The number of pyridine rings is 1. The lowest BCUT2D eigenvalue weighted by Gasteiger charge is -2.14. The summed E-state index contributed by atoms with van der Waals surface area (Å²) in [5.41, 5.74) is 1.99. The molecule has 0 bridgehead atoms. The van der Waals surface area contributed by atoms with Crippen LogP contribution in [0, 0.1) is 0 Å². The van der Waals surface area contributed by atoms with Crippen LogP contribution in [-0.4, -0.2) is 29.0 Å². The molecule has 24 heavy (non-hydrogen) atoms. The van der Waals surface area contributed by atoms with Gasteiger partial charge in [0.2, 0.25) is 0 Å². The van der Waals surface area contributed by atoms with E-state index in [0.717, 1.165) is 32.2 Å². The minimum Gasteiger partial charge on any atom is -0.367 e. The van der Waals surface area contributed by atoms with E-state index in [4.69, 9.17) is 4.98 Å². The molecule has 124 valence electrons. The van der Waals surface area contributed by atoms with Crippen LogP contribution < -0.4 is 10.6 Å². The smallest absolute Gasteiger partial charge is 0.261 e. The molecule has 0 atom stereocenters. The van der Waals surface area contributed by atoms with Gasteiger partial charge in [-0.05, 0) is 37.1 Å². The number of amides is 1. The summed E-state index contributed by atoms with van der Waals surface area (Å²) in [5, 5.41) is 7.33. The minimum atomic E-state index is -0.0464. The Kier molecular flexibility index (Phi) is 3.98. The van der Waals surface area contributed by atoms with Gasteiger partial charge in [-0.2, -0.15) is 0 Å². The van der Waals surface area contributed by atoms with E-state index in [1.807, 2.05) is 24.4 Å². The van der Waals surface area contributed by atoms with Gasteiger partial charge in [0.25, 0.3) is 5.91 Å². The number of carbonyl (C=O) groups excluding carboxylic acids is 1. The number of nitrogens with zero attached hydrogens (tertiary/aromatic N) is 1. The third kappa shape index (κ3) is 2.78. The predicted molar refractivity (Wildman–Crippen MR) is 98.7 cm³/mol. The van der Waals surface area contributed by atoms with Gasteiger partial charge in [0.05, 0.1) is 4.88 Å². The zero-order valence-corrected chi connectivity index (χ0v) is 14.4. The first-order valence-corrected chi connectivity index (χ1v) is 9.13. The molecule has 1 amide bonds. The summed E-state index contributed by atoms with van der Waals surface area (Å²) in [6.45, 7) is 0. The fourth-order valence-corrected chi connectivity index (χ4v) is 4.31. The summed E-state index contributed by atoms with van der Waals surface area (Å²) in [5.74, 6) is 0.858. The van der Waals surface area contributed by atoms with E-state index in [2.05, 4.69) is 21.7 Å². The van der Waals surface area contributed by atoms with E-state index < -0.39 is 0 Å². The molecule has 3 heterocycles. The number of thiophene rings is 1. The first-order valence-electron chi connectivity index (χ1n) is 8.31. The number of H-pyrrole nitrogens is 1. The molecule has 5 nitrogen and oxygen atoms in total. The number of hydrogen-bond donors (Lipinski definition) is 3. The molecule has 6 heteroatoms. The Bertz CT molecular complexity index is 876. The van der Waals surface area contributed by atoms with Gasteiger partial charge in [-0.1, -0.05) is 12.8 Å². The van der Waals surface area contributed by atoms with Crippen molar-refractivity contribution >= 4 is 34.1 Å². The molecule has 0 saturated heterocycles. The summed E-state index contributed by atoms with van der Waals surface area (Å²) in [6, 6.07) is 8.55. The molecule has 1 saturated carbocycles. The Labute approximate surface area is 144 Å². The molecule has 0 aliphatic heterocycles. The number of aromatic nitrogens is 2. The van der Waals surface area contributed by atoms with Crippen LogP contribution in [0.15, 0.2) is 30.5 Å². The quantitative estimate of drug-likeness (QED) is 0.672. The molecule has 3 aromatic rings. The fraction of sp³-hybridized carbons (Fsp3) is 0.333. The van der Waals surface area contributed by atoms with Gasteiger partial charge < -0.3 is 15.6 Å². The first kappa shape index (κ1) is 15.2. The molecule has 1 fully saturated rings. The molecular weight excluding hydrogens is 320 g/mol. The van der Waals surface area contributed by atoms with Crippen LogP contribution >= 0.6 is 11.3 Å². The van der Waals surface area contributed by atoms with E-state index in [9.17, 15) is 4.79 Å². The zero-order valence-electron chi connectivity index (χ0n) is 13.6. The van der Waals surface area contributed by atoms with Gasteiger partial charge >= 0.3 is 0 Å². The highest BCUT2D eigenvalue weighted by Gasteiger charge is 2.17. The van der Waals surface area contributed by atoms with Crippen molar-refractivity contribution in [3.8, 4) is 10.4 Å². The normalized spacial score (nSPS) is 15.0. The van der Waals surface area contributed by atoms with E-state index in [-0.39, 0.29) is 5.91 Å². The zero-order chi connectivity index (χ0) is 16.5. The van der Waals surface area contributed by atoms with Gasteiger partial charge in [-0.25, -0.2) is 4.98 Å². The maximum absolute atomic E-state index is 11.8. The van der Waals surface area contributed by atoms with E-state index in [0.29, 0.717) is 6.04 Å². The van der Waals surface area contributed by atoms with Crippen LogP contribution in [0.25, 0.3) is 21.5 Å². The van der Waals surface area contributed by atoms with E-state index in [1.54, 1.807) is 7.05 Å². The monoisotopic (exact) mass is 340 g/mol. The number of fused-ring (bicyclic) bond motifs is 1. The second-order valence-corrected chi connectivity index (χ2v) is 7.25. The second-order valence-electron chi connectivity index (χ2n) is 6.16. The molecule has 0 spiro atoms. The molecule has 1 aliphatic carbocycles. The predicted octanol–water partition coefficient (Wildman–Crippen LogP) is 4.01. The van der Waals surface area contributed by atoms with Crippen molar-refractivity contribution in [2.24, 2.45) is 0 Å². The molecule has 3 N–H and O–H groups in total.